The van der Waals surface area contributed by atoms with Crippen molar-refractivity contribution >= 4 is 23.8 Å². The fourth-order valence-corrected chi connectivity index (χ4v) is 3.96. The van der Waals surface area contributed by atoms with Crippen LogP contribution in [0.15, 0.2) is 30.3 Å². The van der Waals surface area contributed by atoms with Gasteiger partial charge in [0.05, 0.1) is 26.3 Å². The first kappa shape index (κ1) is 18.9. The van der Waals surface area contributed by atoms with E-state index in [0.717, 1.165) is 5.56 Å². The van der Waals surface area contributed by atoms with Crippen LogP contribution in [0.2, 0.25) is 0 Å². The molecule has 2 heterocycles. The highest BCUT2D eigenvalue weighted by molar-refractivity contribution is 6.11. The van der Waals surface area contributed by atoms with Gasteiger partial charge in [-0.05, 0) is 18.4 Å². The van der Waals surface area contributed by atoms with Crippen molar-refractivity contribution in [2.75, 3.05) is 14.2 Å². The summed E-state index contributed by atoms with van der Waals surface area (Å²) in [6, 6.07) is 7.77. The molecule has 1 aromatic carbocycles. The van der Waals surface area contributed by atoms with Crippen LogP contribution in [0.4, 0.5) is 4.79 Å². The Hall–Kier alpha value is -2.90. The van der Waals surface area contributed by atoms with Crippen molar-refractivity contribution in [3.8, 4) is 0 Å². The molecular formula is C19H21NO7. The lowest BCUT2D eigenvalue weighted by molar-refractivity contribution is -0.162. The summed E-state index contributed by atoms with van der Waals surface area (Å²) in [5, 5.41) is 0. The molecule has 0 aliphatic carbocycles. The lowest BCUT2D eigenvalue weighted by Gasteiger charge is -2.40. The number of methoxy groups -OCH3 is 2. The first-order chi connectivity index (χ1) is 13.0. The maximum absolute atomic E-state index is 12.8. The van der Waals surface area contributed by atoms with Crippen LogP contribution >= 0.6 is 0 Å². The van der Waals surface area contributed by atoms with Crippen molar-refractivity contribution in [2.24, 2.45) is 11.8 Å². The lowest BCUT2D eigenvalue weighted by atomic mass is 9.81. The van der Waals surface area contributed by atoms with E-state index in [1.807, 2.05) is 30.3 Å². The Morgan fingerprint density at radius 3 is 1.96 bits per heavy atom. The molecule has 0 spiro atoms. The molecule has 2 saturated heterocycles. The maximum Gasteiger partial charge on any atom is 0.410 e. The van der Waals surface area contributed by atoms with Crippen LogP contribution in [-0.2, 0) is 35.2 Å². The maximum atomic E-state index is 12.8. The molecule has 2 aliphatic heterocycles. The summed E-state index contributed by atoms with van der Waals surface area (Å²) in [5.74, 6) is -4.53. The molecule has 0 N–H and O–H groups in total. The summed E-state index contributed by atoms with van der Waals surface area (Å²) in [7, 11) is 2.34. The van der Waals surface area contributed by atoms with Crippen LogP contribution in [0.1, 0.15) is 18.4 Å². The first-order valence-corrected chi connectivity index (χ1v) is 8.68. The standard InChI is InChI=1S/C19H21NO7/c1-25-17(22)14-12-8-9-13(15(16(14)21)18(23)26-2)20(12)19(24)27-10-11-6-4-3-5-7-11/h3-7,12-15H,8-10H2,1-2H3. The van der Waals surface area contributed by atoms with Gasteiger partial charge >= 0.3 is 18.0 Å². The van der Waals surface area contributed by atoms with E-state index in [9.17, 15) is 19.2 Å². The summed E-state index contributed by atoms with van der Waals surface area (Å²) in [4.78, 5) is 51.2. The van der Waals surface area contributed by atoms with Crippen LogP contribution < -0.4 is 0 Å². The van der Waals surface area contributed by atoms with E-state index in [-0.39, 0.29) is 6.61 Å². The third-order valence-electron chi connectivity index (χ3n) is 5.18. The highest BCUT2D eigenvalue weighted by Crippen LogP contribution is 2.42. The van der Waals surface area contributed by atoms with Crippen LogP contribution in [0, 0.1) is 11.8 Å². The quantitative estimate of drug-likeness (QED) is 0.444. The fourth-order valence-electron chi connectivity index (χ4n) is 3.96. The number of Topliss-reactive ketones (excluding diaryl/α,β-unsaturated/α-hetero) is 1. The third-order valence-corrected chi connectivity index (χ3v) is 5.18. The van der Waals surface area contributed by atoms with Crippen molar-refractivity contribution in [1.29, 1.82) is 0 Å². The smallest absolute Gasteiger partial charge is 0.410 e. The Morgan fingerprint density at radius 1 is 0.963 bits per heavy atom. The Balaban J connectivity index is 1.85. The molecular weight excluding hydrogens is 354 g/mol. The number of hydrogen-bond donors (Lipinski definition) is 0. The van der Waals surface area contributed by atoms with Crippen LogP contribution in [0.5, 0.6) is 0 Å². The van der Waals surface area contributed by atoms with Crippen molar-refractivity contribution in [2.45, 2.75) is 31.5 Å². The van der Waals surface area contributed by atoms with Gasteiger partial charge in [0.25, 0.3) is 0 Å². The third kappa shape index (κ3) is 3.39. The summed E-state index contributed by atoms with van der Waals surface area (Å²) in [5.41, 5.74) is 0.806. The summed E-state index contributed by atoms with van der Waals surface area (Å²) in [6.45, 7) is 0.0509. The highest BCUT2D eigenvalue weighted by Gasteiger charge is 2.60. The van der Waals surface area contributed by atoms with Crippen molar-refractivity contribution in [3.63, 3.8) is 0 Å². The van der Waals surface area contributed by atoms with E-state index >= 15 is 0 Å². The molecule has 3 rings (SSSR count). The number of nitrogens with zero attached hydrogens (tertiary/aromatic N) is 1. The lowest BCUT2D eigenvalue weighted by Crippen LogP contribution is -2.60. The fraction of sp³-hybridized carbons (Fsp3) is 0.474. The molecule has 8 nitrogen and oxygen atoms in total. The van der Waals surface area contributed by atoms with Gasteiger partial charge in [-0.2, -0.15) is 0 Å². The second kappa shape index (κ2) is 7.77. The minimum absolute atomic E-state index is 0.0509. The number of fused-ring (bicyclic) bond motifs is 2. The van der Waals surface area contributed by atoms with Gasteiger partial charge in [0.2, 0.25) is 0 Å². The van der Waals surface area contributed by atoms with E-state index < -0.39 is 47.7 Å². The van der Waals surface area contributed by atoms with Crippen molar-refractivity contribution < 1.29 is 33.4 Å². The molecule has 144 valence electrons. The zero-order valence-corrected chi connectivity index (χ0v) is 15.1. The number of esters is 2. The van der Waals surface area contributed by atoms with Gasteiger partial charge in [-0.1, -0.05) is 30.3 Å². The molecule has 27 heavy (non-hydrogen) atoms. The highest BCUT2D eigenvalue weighted by atomic mass is 16.6. The van der Waals surface area contributed by atoms with E-state index in [2.05, 4.69) is 0 Å². The molecule has 2 bridgehead atoms. The second-order valence-corrected chi connectivity index (χ2v) is 6.56. The number of hydrogen-bond acceptors (Lipinski definition) is 7. The molecule has 1 amide bonds. The molecule has 0 saturated carbocycles. The zero-order chi connectivity index (χ0) is 19.6. The Kier molecular flexibility index (Phi) is 5.43. The van der Waals surface area contributed by atoms with Gasteiger partial charge in [0.15, 0.2) is 5.78 Å². The molecule has 4 unspecified atom stereocenters. The van der Waals surface area contributed by atoms with Crippen molar-refractivity contribution in [1.82, 2.24) is 4.90 Å². The number of amides is 1. The van der Waals surface area contributed by atoms with E-state index in [1.165, 1.54) is 19.1 Å². The van der Waals surface area contributed by atoms with Gasteiger partial charge in [-0.3, -0.25) is 19.3 Å². The number of carbonyl (C=O) groups excluding carboxylic acids is 4. The predicted octanol–water partition coefficient (Wildman–Crippen LogP) is 1.32. The van der Waals surface area contributed by atoms with Gasteiger partial charge in [0.1, 0.15) is 18.4 Å². The number of ketones is 1. The minimum Gasteiger partial charge on any atom is -0.468 e. The molecule has 2 aliphatic rings. The number of ether oxygens (including phenoxy) is 3. The molecule has 4 atom stereocenters. The summed E-state index contributed by atoms with van der Waals surface area (Å²) >= 11 is 0. The van der Waals surface area contributed by atoms with E-state index in [1.54, 1.807) is 0 Å². The largest absolute Gasteiger partial charge is 0.468 e. The second-order valence-electron chi connectivity index (χ2n) is 6.56. The zero-order valence-electron chi connectivity index (χ0n) is 15.1. The number of rotatable bonds is 4. The van der Waals surface area contributed by atoms with Gasteiger partial charge < -0.3 is 14.2 Å². The molecule has 2 fully saturated rings. The number of carbonyl (C=O) groups is 4. The molecule has 0 aromatic heterocycles. The van der Waals surface area contributed by atoms with E-state index in [4.69, 9.17) is 14.2 Å². The Morgan fingerprint density at radius 2 is 1.48 bits per heavy atom. The first-order valence-electron chi connectivity index (χ1n) is 8.68. The van der Waals surface area contributed by atoms with E-state index in [0.29, 0.717) is 12.8 Å². The summed E-state index contributed by atoms with van der Waals surface area (Å²) < 4.78 is 14.9. The van der Waals surface area contributed by atoms with Gasteiger partial charge in [-0.15, -0.1) is 0 Å². The number of piperidine rings is 1. The summed E-state index contributed by atoms with van der Waals surface area (Å²) in [6.07, 6.45) is 0.149. The SMILES string of the molecule is COC(=O)C1C(=O)C(C(=O)OC)C2CCC1N2C(=O)OCc1ccccc1. The normalized spacial score (nSPS) is 26.4. The minimum atomic E-state index is -1.22. The predicted molar refractivity (Wildman–Crippen MR) is 91.3 cm³/mol. The van der Waals surface area contributed by atoms with Crippen LogP contribution in [-0.4, -0.2) is 55.0 Å². The molecule has 0 radical (unpaired) electrons. The average Bonchev–Trinajstić information content (AvgIpc) is 3.04. The Labute approximate surface area is 156 Å². The van der Waals surface area contributed by atoms with Crippen LogP contribution in [0.25, 0.3) is 0 Å². The monoisotopic (exact) mass is 375 g/mol. The average molecular weight is 375 g/mol. The van der Waals surface area contributed by atoms with Crippen molar-refractivity contribution in [3.05, 3.63) is 35.9 Å². The van der Waals surface area contributed by atoms with Gasteiger partial charge in [0, 0.05) is 0 Å². The Bertz CT molecular complexity index is 714. The van der Waals surface area contributed by atoms with Gasteiger partial charge in [-0.25, -0.2) is 4.79 Å². The van der Waals surface area contributed by atoms with Crippen LogP contribution in [0.3, 0.4) is 0 Å². The molecule has 1 aromatic rings. The molecule has 8 heteroatoms. The topological polar surface area (TPSA) is 99.2 Å². The number of benzene rings is 1.